The van der Waals surface area contributed by atoms with Crippen molar-refractivity contribution in [3.63, 3.8) is 0 Å². The molecule has 6 nitrogen and oxygen atoms in total. The molecule has 32 heavy (non-hydrogen) atoms. The summed E-state index contributed by atoms with van der Waals surface area (Å²) in [5, 5.41) is 20.7. The maximum Gasteiger partial charge on any atom is 0.269 e. The van der Waals surface area contributed by atoms with E-state index in [4.69, 9.17) is 21.1 Å². The summed E-state index contributed by atoms with van der Waals surface area (Å²) in [5.41, 5.74) is 1.83. The van der Waals surface area contributed by atoms with Crippen LogP contribution in [-0.4, -0.2) is 11.5 Å². The Kier molecular flexibility index (Phi) is 7.42. The van der Waals surface area contributed by atoms with Gasteiger partial charge in [0.2, 0.25) is 0 Å². The number of nitriles is 1. The fraction of sp³-hybridized carbons (Fsp3) is 0.125. The topological polar surface area (TPSA) is 85.4 Å². The van der Waals surface area contributed by atoms with Crippen LogP contribution in [0.1, 0.15) is 23.6 Å². The highest BCUT2D eigenvalue weighted by atomic mass is 35.5. The maximum absolute atomic E-state index is 13.5. The van der Waals surface area contributed by atoms with Crippen LogP contribution in [0.5, 0.6) is 11.5 Å². The van der Waals surface area contributed by atoms with Gasteiger partial charge in [-0.05, 0) is 54.0 Å². The lowest BCUT2D eigenvalue weighted by molar-refractivity contribution is -0.384. The summed E-state index contributed by atoms with van der Waals surface area (Å²) in [4.78, 5) is 10.5. The fourth-order valence-corrected chi connectivity index (χ4v) is 3.27. The minimum Gasteiger partial charge on any atom is -0.490 e. The average molecular weight is 453 g/mol. The number of allylic oxidation sites excluding steroid dienone is 1. The first-order chi connectivity index (χ1) is 15.4. The molecule has 0 N–H and O–H groups in total. The standard InChI is InChI=1S/C24H18ClFN2O4/c1-2-31-23-12-17(9-19(14-27)18-6-4-7-20(26)13-18)11-22(25)24(23)32-15-16-5-3-8-21(10-16)28(29)30/h3-13H,2,15H2,1H3/b19-9-. The molecule has 0 heterocycles. The highest BCUT2D eigenvalue weighted by Crippen LogP contribution is 2.38. The molecule has 0 aliphatic heterocycles. The second-order valence-electron chi connectivity index (χ2n) is 6.66. The molecule has 3 rings (SSSR count). The summed E-state index contributed by atoms with van der Waals surface area (Å²) in [6.07, 6.45) is 1.58. The third-order valence-electron chi connectivity index (χ3n) is 4.40. The zero-order valence-electron chi connectivity index (χ0n) is 17.0. The van der Waals surface area contributed by atoms with Crippen molar-refractivity contribution < 1.29 is 18.8 Å². The van der Waals surface area contributed by atoms with Crippen LogP contribution in [0.3, 0.4) is 0 Å². The average Bonchev–Trinajstić information content (AvgIpc) is 2.77. The normalized spacial score (nSPS) is 11.0. The summed E-state index contributed by atoms with van der Waals surface area (Å²) in [7, 11) is 0. The maximum atomic E-state index is 13.5. The Hall–Kier alpha value is -3.89. The number of ether oxygens (including phenoxy) is 2. The van der Waals surface area contributed by atoms with Crippen molar-refractivity contribution in [3.05, 3.63) is 98.3 Å². The molecule has 0 bridgehead atoms. The highest BCUT2D eigenvalue weighted by Gasteiger charge is 2.14. The van der Waals surface area contributed by atoms with Gasteiger partial charge in [0.25, 0.3) is 5.69 Å². The lowest BCUT2D eigenvalue weighted by Gasteiger charge is -2.15. The van der Waals surface area contributed by atoms with Crippen LogP contribution in [0.15, 0.2) is 60.7 Å². The monoisotopic (exact) mass is 452 g/mol. The van der Waals surface area contributed by atoms with Crippen LogP contribution < -0.4 is 9.47 Å². The van der Waals surface area contributed by atoms with Crippen molar-refractivity contribution in [3.8, 4) is 17.6 Å². The second kappa shape index (κ2) is 10.4. The van der Waals surface area contributed by atoms with E-state index in [9.17, 15) is 19.8 Å². The minimum absolute atomic E-state index is 0.0379. The number of nitro groups is 1. The van der Waals surface area contributed by atoms with Gasteiger partial charge in [-0.15, -0.1) is 0 Å². The molecule has 0 saturated carbocycles. The summed E-state index contributed by atoms with van der Waals surface area (Å²) < 4.78 is 25.0. The highest BCUT2D eigenvalue weighted by molar-refractivity contribution is 6.32. The van der Waals surface area contributed by atoms with Crippen molar-refractivity contribution in [2.75, 3.05) is 6.61 Å². The fourth-order valence-electron chi connectivity index (χ4n) is 2.99. The Labute approximate surface area is 189 Å². The van der Waals surface area contributed by atoms with E-state index in [2.05, 4.69) is 6.07 Å². The Morgan fingerprint density at radius 1 is 1.19 bits per heavy atom. The molecular weight excluding hydrogens is 435 g/mol. The molecule has 0 spiro atoms. The molecular formula is C24H18ClFN2O4. The van der Waals surface area contributed by atoms with Crippen LogP contribution in [0, 0.1) is 27.3 Å². The van der Waals surface area contributed by atoms with E-state index in [-0.39, 0.29) is 28.6 Å². The van der Waals surface area contributed by atoms with Gasteiger partial charge in [-0.3, -0.25) is 10.1 Å². The minimum atomic E-state index is -0.478. The SMILES string of the molecule is CCOc1cc(/C=C(/C#N)c2cccc(F)c2)cc(Cl)c1OCc1cccc([N+](=O)[O-])c1. The second-order valence-corrected chi connectivity index (χ2v) is 7.07. The van der Waals surface area contributed by atoms with Gasteiger partial charge in [-0.2, -0.15) is 5.26 Å². The molecule has 162 valence electrons. The smallest absolute Gasteiger partial charge is 0.269 e. The molecule has 3 aromatic rings. The van der Waals surface area contributed by atoms with Gasteiger partial charge in [-0.25, -0.2) is 4.39 Å². The Morgan fingerprint density at radius 2 is 1.97 bits per heavy atom. The van der Waals surface area contributed by atoms with Gasteiger partial charge < -0.3 is 9.47 Å². The summed E-state index contributed by atoms with van der Waals surface area (Å²) in [5.74, 6) is 0.191. The first-order valence-corrected chi connectivity index (χ1v) is 9.99. The molecule has 0 saturated heterocycles. The summed E-state index contributed by atoms with van der Waals surface area (Å²) in [6.45, 7) is 2.18. The number of benzene rings is 3. The third kappa shape index (κ3) is 5.62. The lowest BCUT2D eigenvalue weighted by Crippen LogP contribution is -2.01. The van der Waals surface area contributed by atoms with Crippen molar-refractivity contribution in [2.45, 2.75) is 13.5 Å². The zero-order chi connectivity index (χ0) is 23.1. The Morgan fingerprint density at radius 3 is 2.66 bits per heavy atom. The van der Waals surface area contributed by atoms with Gasteiger partial charge in [-0.1, -0.05) is 35.9 Å². The number of non-ortho nitro benzene ring substituents is 1. The molecule has 0 unspecified atom stereocenters. The zero-order valence-corrected chi connectivity index (χ0v) is 17.8. The van der Waals surface area contributed by atoms with E-state index >= 15 is 0 Å². The van der Waals surface area contributed by atoms with Crippen molar-refractivity contribution in [1.29, 1.82) is 5.26 Å². The van der Waals surface area contributed by atoms with E-state index in [1.54, 1.807) is 43.3 Å². The van der Waals surface area contributed by atoms with Gasteiger partial charge in [0, 0.05) is 12.1 Å². The van der Waals surface area contributed by atoms with Crippen LogP contribution in [-0.2, 0) is 6.61 Å². The van der Waals surface area contributed by atoms with E-state index in [1.807, 2.05) is 0 Å². The molecule has 0 fully saturated rings. The van der Waals surface area contributed by atoms with E-state index in [0.717, 1.165) is 0 Å². The first kappa shape index (κ1) is 22.8. The van der Waals surface area contributed by atoms with Crippen LogP contribution in [0.4, 0.5) is 10.1 Å². The van der Waals surface area contributed by atoms with Crippen molar-refractivity contribution >= 4 is 28.9 Å². The number of rotatable bonds is 8. The number of halogens is 2. The van der Waals surface area contributed by atoms with Gasteiger partial charge >= 0.3 is 0 Å². The van der Waals surface area contributed by atoms with Gasteiger partial charge in [0.1, 0.15) is 12.4 Å². The van der Waals surface area contributed by atoms with Crippen LogP contribution in [0.2, 0.25) is 5.02 Å². The quantitative estimate of drug-likeness (QED) is 0.170. The molecule has 0 aromatic heterocycles. The predicted molar refractivity (Wildman–Crippen MR) is 120 cm³/mol. The largest absolute Gasteiger partial charge is 0.490 e. The Balaban J connectivity index is 1.91. The molecule has 0 radical (unpaired) electrons. The molecule has 0 aliphatic rings. The Bertz CT molecular complexity index is 1220. The number of nitrogens with zero attached hydrogens (tertiary/aromatic N) is 2. The molecule has 8 heteroatoms. The number of hydrogen-bond acceptors (Lipinski definition) is 5. The van der Waals surface area contributed by atoms with Gasteiger partial charge in [0.05, 0.1) is 28.2 Å². The lowest BCUT2D eigenvalue weighted by atomic mass is 10.0. The molecule has 3 aromatic carbocycles. The van der Waals surface area contributed by atoms with Gasteiger partial charge in [0.15, 0.2) is 11.5 Å². The molecule has 0 atom stereocenters. The van der Waals surface area contributed by atoms with Crippen molar-refractivity contribution in [1.82, 2.24) is 0 Å². The number of hydrogen-bond donors (Lipinski definition) is 0. The third-order valence-corrected chi connectivity index (χ3v) is 4.68. The van der Waals surface area contributed by atoms with E-state index in [0.29, 0.717) is 29.0 Å². The predicted octanol–water partition coefficient (Wildman–Crippen LogP) is 6.43. The van der Waals surface area contributed by atoms with Crippen LogP contribution >= 0.6 is 11.6 Å². The van der Waals surface area contributed by atoms with Crippen LogP contribution in [0.25, 0.3) is 11.6 Å². The molecule has 0 aliphatic carbocycles. The summed E-state index contributed by atoms with van der Waals surface area (Å²) >= 11 is 6.43. The van der Waals surface area contributed by atoms with E-state index < -0.39 is 10.7 Å². The molecule has 0 amide bonds. The summed E-state index contributed by atoms with van der Waals surface area (Å²) in [6, 6.07) is 17.2. The number of nitro benzene ring substituents is 1. The van der Waals surface area contributed by atoms with E-state index in [1.165, 1.54) is 30.3 Å². The van der Waals surface area contributed by atoms with Crippen molar-refractivity contribution in [2.24, 2.45) is 0 Å². The first-order valence-electron chi connectivity index (χ1n) is 9.61.